The zero-order valence-electron chi connectivity index (χ0n) is 7.62. The largest absolute Gasteiger partial charge is 0.367 e. The molecule has 13 heavy (non-hydrogen) atoms. The minimum absolute atomic E-state index is 0.117. The SMILES string of the molecule is C[C@H](S)OCC1CCN1CC(F)F. The van der Waals surface area contributed by atoms with Gasteiger partial charge in [-0.05, 0) is 13.3 Å². The molecule has 0 aromatic carbocycles. The lowest BCUT2D eigenvalue weighted by Crippen LogP contribution is -2.52. The molecule has 78 valence electrons. The van der Waals surface area contributed by atoms with Crippen molar-refractivity contribution in [3.8, 4) is 0 Å². The summed E-state index contributed by atoms with van der Waals surface area (Å²) in [5.41, 5.74) is -0.117. The predicted octanol–water partition coefficient (Wildman–Crippen LogP) is 1.62. The molecule has 1 rings (SSSR count). The summed E-state index contributed by atoms with van der Waals surface area (Å²) in [5, 5.41) is 0. The zero-order valence-corrected chi connectivity index (χ0v) is 8.51. The molecule has 0 amide bonds. The molecule has 2 atom stereocenters. The van der Waals surface area contributed by atoms with Gasteiger partial charge in [-0.15, -0.1) is 12.6 Å². The van der Waals surface area contributed by atoms with Crippen molar-refractivity contribution < 1.29 is 13.5 Å². The first-order chi connectivity index (χ1) is 6.09. The highest BCUT2D eigenvalue weighted by Crippen LogP contribution is 2.19. The van der Waals surface area contributed by atoms with Crippen LogP contribution in [0.5, 0.6) is 0 Å². The molecule has 0 N–H and O–H groups in total. The third kappa shape index (κ3) is 3.79. The number of likely N-dealkylation sites (tertiary alicyclic amines) is 1. The molecule has 0 saturated carbocycles. The van der Waals surface area contributed by atoms with E-state index in [1.54, 1.807) is 4.90 Å². The van der Waals surface area contributed by atoms with Crippen LogP contribution in [-0.2, 0) is 4.74 Å². The third-order valence-electron chi connectivity index (χ3n) is 2.17. The fourth-order valence-electron chi connectivity index (χ4n) is 1.35. The summed E-state index contributed by atoms with van der Waals surface area (Å²) in [5.74, 6) is 0. The minimum atomic E-state index is -2.24. The zero-order chi connectivity index (χ0) is 9.84. The van der Waals surface area contributed by atoms with E-state index in [0.29, 0.717) is 6.61 Å². The molecule has 2 nitrogen and oxygen atoms in total. The van der Waals surface area contributed by atoms with E-state index >= 15 is 0 Å². The number of thiol groups is 1. The lowest BCUT2D eigenvalue weighted by atomic mass is 10.0. The van der Waals surface area contributed by atoms with Gasteiger partial charge in [-0.3, -0.25) is 4.90 Å². The molecule has 0 aliphatic carbocycles. The van der Waals surface area contributed by atoms with E-state index in [1.807, 2.05) is 6.92 Å². The average molecular weight is 211 g/mol. The molecular formula is C8H15F2NOS. The van der Waals surface area contributed by atoms with Crippen LogP contribution in [0, 0.1) is 0 Å². The number of hydrogen-bond acceptors (Lipinski definition) is 3. The number of ether oxygens (including phenoxy) is 1. The highest BCUT2D eigenvalue weighted by atomic mass is 32.1. The van der Waals surface area contributed by atoms with Crippen molar-refractivity contribution in [1.29, 1.82) is 0 Å². The van der Waals surface area contributed by atoms with Crippen molar-refractivity contribution >= 4 is 12.6 Å². The topological polar surface area (TPSA) is 12.5 Å². The standard InChI is InChI=1S/C8H15F2NOS/c1-6(13)12-5-7-2-3-11(7)4-8(9)10/h6-8,13H,2-5H2,1H3/t6-,7?/m0/s1. The average Bonchev–Trinajstić information content (AvgIpc) is 1.98. The van der Waals surface area contributed by atoms with Crippen LogP contribution in [0.3, 0.4) is 0 Å². The molecule has 1 fully saturated rings. The lowest BCUT2D eigenvalue weighted by Gasteiger charge is -2.40. The molecule has 1 aliphatic heterocycles. The van der Waals surface area contributed by atoms with Crippen molar-refractivity contribution in [1.82, 2.24) is 4.90 Å². The van der Waals surface area contributed by atoms with Crippen LogP contribution in [-0.4, -0.2) is 42.5 Å². The van der Waals surface area contributed by atoms with Gasteiger partial charge in [0, 0.05) is 12.6 Å². The number of halogens is 2. The van der Waals surface area contributed by atoms with Gasteiger partial charge < -0.3 is 4.74 Å². The second kappa shape index (κ2) is 5.12. The van der Waals surface area contributed by atoms with Gasteiger partial charge in [-0.2, -0.15) is 0 Å². The fraction of sp³-hybridized carbons (Fsp3) is 1.00. The Morgan fingerprint density at radius 3 is 2.69 bits per heavy atom. The smallest absolute Gasteiger partial charge is 0.251 e. The molecule has 1 heterocycles. The van der Waals surface area contributed by atoms with Crippen molar-refractivity contribution in [3.05, 3.63) is 0 Å². The fourth-order valence-corrected chi connectivity index (χ4v) is 1.44. The Hall–Kier alpha value is 0.130. The summed E-state index contributed by atoms with van der Waals surface area (Å²) >= 11 is 4.05. The summed E-state index contributed by atoms with van der Waals surface area (Å²) < 4.78 is 29.2. The Balaban J connectivity index is 2.13. The van der Waals surface area contributed by atoms with Gasteiger partial charge in [-0.1, -0.05) is 0 Å². The maximum atomic E-state index is 12.0. The van der Waals surface area contributed by atoms with E-state index in [0.717, 1.165) is 13.0 Å². The van der Waals surface area contributed by atoms with Crippen LogP contribution in [0.2, 0.25) is 0 Å². The Kier molecular flexibility index (Phi) is 4.41. The van der Waals surface area contributed by atoms with Gasteiger partial charge in [-0.25, -0.2) is 8.78 Å². The summed E-state index contributed by atoms with van der Waals surface area (Å²) in [4.78, 5) is 1.75. The summed E-state index contributed by atoms with van der Waals surface area (Å²) in [6.07, 6.45) is -1.29. The maximum Gasteiger partial charge on any atom is 0.251 e. The maximum absolute atomic E-state index is 12.0. The molecular weight excluding hydrogens is 196 g/mol. The number of rotatable bonds is 5. The van der Waals surface area contributed by atoms with Gasteiger partial charge >= 0.3 is 0 Å². The van der Waals surface area contributed by atoms with Gasteiger partial charge in [0.2, 0.25) is 0 Å². The van der Waals surface area contributed by atoms with Crippen molar-refractivity contribution in [2.75, 3.05) is 19.7 Å². The number of alkyl halides is 2. The van der Waals surface area contributed by atoms with Crippen LogP contribution in [0.1, 0.15) is 13.3 Å². The molecule has 0 aromatic heterocycles. The number of nitrogens with zero attached hydrogens (tertiary/aromatic N) is 1. The molecule has 1 unspecified atom stereocenters. The highest BCUT2D eigenvalue weighted by molar-refractivity contribution is 7.80. The van der Waals surface area contributed by atoms with E-state index in [-0.39, 0.29) is 18.0 Å². The van der Waals surface area contributed by atoms with Crippen LogP contribution >= 0.6 is 12.6 Å². The summed E-state index contributed by atoms with van der Waals surface area (Å²) in [7, 11) is 0. The predicted molar refractivity (Wildman–Crippen MR) is 50.4 cm³/mol. The Morgan fingerprint density at radius 1 is 1.62 bits per heavy atom. The first-order valence-electron chi connectivity index (χ1n) is 4.41. The minimum Gasteiger partial charge on any atom is -0.367 e. The normalized spacial score (nSPS) is 26.1. The second-order valence-corrected chi connectivity index (χ2v) is 3.99. The first kappa shape index (κ1) is 11.2. The number of hydrogen-bond donors (Lipinski definition) is 1. The quantitative estimate of drug-likeness (QED) is 0.548. The van der Waals surface area contributed by atoms with Crippen LogP contribution in [0.15, 0.2) is 0 Å². The Morgan fingerprint density at radius 2 is 2.31 bits per heavy atom. The molecule has 0 spiro atoms. The summed E-state index contributed by atoms with van der Waals surface area (Å²) in [6, 6.07) is 0.170. The molecule has 1 aliphatic rings. The first-order valence-corrected chi connectivity index (χ1v) is 4.93. The van der Waals surface area contributed by atoms with Crippen LogP contribution < -0.4 is 0 Å². The van der Waals surface area contributed by atoms with Crippen LogP contribution in [0.25, 0.3) is 0 Å². The van der Waals surface area contributed by atoms with Gasteiger partial charge in [0.1, 0.15) is 0 Å². The monoisotopic (exact) mass is 211 g/mol. The molecule has 1 saturated heterocycles. The van der Waals surface area contributed by atoms with Gasteiger partial charge in [0.15, 0.2) is 0 Å². The lowest BCUT2D eigenvalue weighted by molar-refractivity contribution is -0.0290. The van der Waals surface area contributed by atoms with Gasteiger partial charge in [0.05, 0.1) is 18.6 Å². The van der Waals surface area contributed by atoms with E-state index in [2.05, 4.69) is 12.6 Å². The van der Waals surface area contributed by atoms with Crippen LogP contribution in [0.4, 0.5) is 8.78 Å². The van der Waals surface area contributed by atoms with E-state index in [4.69, 9.17) is 4.74 Å². The molecule has 0 aromatic rings. The highest BCUT2D eigenvalue weighted by Gasteiger charge is 2.30. The van der Waals surface area contributed by atoms with E-state index in [1.165, 1.54) is 0 Å². The summed E-state index contributed by atoms with van der Waals surface area (Å²) in [6.45, 7) is 2.96. The van der Waals surface area contributed by atoms with Crippen molar-refractivity contribution in [2.45, 2.75) is 31.2 Å². The van der Waals surface area contributed by atoms with Crippen molar-refractivity contribution in [2.24, 2.45) is 0 Å². The molecule has 0 bridgehead atoms. The molecule has 5 heteroatoms. The second-order valence-electron chi connectivity index (χ2n) is 3.26. The molecule has 0 radical (unpaired) electrons. The van der Waals surface area contributed by atoms with E-state index in [9.17, 15) is 8.78 Å². The van der Waals surface area contributed by atoms with Crippen molar-refractivity contribution in [3.63, 3.8) is 0 Å². The Labute approximate surface area is 82.6 Å². The van der Waals surface area contributed by atoms with Gasteiger partial charge in [0.25, 0.3) is 6.43 Å². The van der Waals surface area contributed by atoms with E-state index < -0.39 is 6.43 Å². The third-order valence-corrected chi connectivity index (χ3v) is 2.32. The Bertz CT molecular complexity index is 157.